The lowest BCUT2D eigenvalue weighted by Gasteiger charge is -2.17. The molecule has 2 aromatic rings. The molecule has 7 heteroatoms. The molecular formula is C19H24N2O5. The summed E-state index contributed by atoms with van der Waals surface area (Å²) in [7, 11) is 1.63. The molecule has 0 fully saturated rings. The summed E-state index contributed by atoms with van der Waals surface area (Å²) in [4.78, 5) is 38.5. The van der Waals surface area contributed by atoms with E-state index in [4.69, 9.17) is 9.47 Å². The first-order valence-electron chi connectivity index (χ1n) is 8.33. The number of Topliss-reactive ketones (excluding diaryl/α,β-unsaturated/α-hetero) is 2. The Morgan fingerprint density at radius 3 is 2.50 bits per heavy atom. The summed E-state index contributed by atoms with van der Waals surface area (Å²) in [5.41, 5.74) is 2.80. The summed E-state index contributed by atoms with van der Waals surface area (Å²) in [6.07, 6.45) is 1.44. The van der Waals surface area contributed by atoms with E-state index in [2.05, 4.69) is 4.98 Å². The number of methoxy groups -OCH3 is 1. The minimum Gasteiger partial charge on any atom is -0.453 e. The number of hydrogen-bond donors (Lipinski definition) is 1. The molecule has 1 N–H and O–H groups in total. The van der Waals surface area contributed by atoms with E-state index in [1.165, 1.54) is 19.2 Å². The first-order valence-corrected chi connectivity index (χ1v) is 8.33. The number of aromatic amines is 1. The van der Waals surface area contributed by atoms with E-state index in [0.717, 1.165) is 11.4 Å². The van der Waals surface area contributed by atoms with Crippen LogP contribution in [-0.4, -0.2) is 47.4 Å². The van der Waals surface area contributed by atoms with Crippen LogP contribution in [-0.2, 0) is 9.47 Å². The Morgan fingerprint density at radius 1 is 1.23 bits per heavy atom. The number of hydrogen-bond acceptors (Lipinski definition) is 5. The van der Waals surface area contributed by atoms with Gasteiger partial charge in [0.1, 0.15) is 5.69 Å². The van der Waals surface area contributed by atoms with Crippen LogP contribution in [0.3, 0.4) is 0 Å². The molecule has 0 amide bonds. The molecule has 0 unspecified atom stereocenters. The van der Waals surface area contributed by atoms with E-state index in [9.17, 15) is 14.4 Å². The highest BCUT2D eigenvalue weighted by molar-refractivity contribution is 6.01. The zero-order valence-electron chi connectivity index (χ0n) is 15.7. The van der Waals surface area contributed by atoms with Crippen LogP contribution in [0.4, 0.5) is 0 Å². The predicted octanol–water partition coefficient (Wildman–Crippen LogP) is 2.88. The molecule has 26 heavy (non-hydrogen) atoms. The van der Waals surface area contributed by atoms with Crippen molar-refractivity contribution in [2.75, 3.05) is 20.3 Å². The van der Waals surface area contributed by atoms with E-state index in [1.54, 1.807) is 13.2 Å². The number of nitrogens with one attached hydrogen (secondary N) is 1. The zero-order valence-corrected chi connectivity index (χ0v) is 15.7. The summed E-state index contributed by atoms with van der Waals surface area (Å²) in [5, 5.41) is 0. The molecule has 2 heterocycles. The fourth-order valence-electron chi connectivity index (χ4n) is 3.06. The Kier molecular flexibility index (Phi) is 6.15. The van der Waals surface area contributed by atoms with Gasteiger partial charge < -0.3 is 19.0 Å². The fraction of sp³-hybridized carbons (Fsp3) is 0.421. The van der Waals surface area contributed by atoms with Crippen molar-refractivity contribution in [1.82, 2.24) is 9.55 Å². The van der Waals surface area contributed by atoms with E-state index < -0.39 is 5.97 Å². The zero-order chi connectivity index (χ0) is 19.4. The number of carbonyl (C=O) groups is 3. The van der Waals surface area contributed by atoms with Gasteiger partial charge >= 0.3 is 5.97 Å². The molecule has 0 aliphatic heterocycles. The minimum atomic E-state index is -0.674. The molecule has 2 rings (SSSR count). The van der Waals surface area contributed by atoms with Gasteiger partial charge in [-0.1, -0.05) is 0 Å². The van der Waals surface area contributed by atoms with Crippen molar-refractivity contribution in [2.24, 2.45) is 0 Å². The van der Waals surface area contributed by atoms with Gasteiger partial charge in [-0.15, -0.1) is 0 Å². The number of aromatic nitrogens is 2. The number of aryl methyl sites for hydroxylation is 1. The van der Waals surface area contributed by atoms with E-state index in [0.29, 0.717) is 17.7 Å². The highest BCUT2D eigenvalue weighted by atomic mass is 16.5. The summed E-state index contributed by atoms with van der Waals surface area (Å²) in [6.45, 7) is 7.36. The Hall–Kier alpha value is -2.67. The molecule has 0 radical (unpaired) electrons. The third-order valence-electron chi connectivity index (χ3n) is 4.28. The molecule has 0 spiro atoms. The van der Waals surface area contributed by atoms with Crippen LogP contribution in [0.25, 0.3) is 0 Å². The van der Waals surface area contributed by atoms with Crippen molar-refractivity contribution in [1.29, 1.82) is 0 Å². The molecule has 0 saturated carbocycles. The van der Waals surface area contributed by atoms with Crippen molar-refractivity contribution in [3.05, 3.63) is 46.5 Å². The molecule has 140 valence electrons. The molecule has 0 bridgehead atoms. The van der Waals surface area contributed by atoms with Crippen molar-refractivity contribution in [2.45, 2.75) is 33.7 Å². The minimum absolute atomic E-state index is 0.0908. The molecule has 0 saturated heterocycles. The van der Waals surface area contributed by atoms with Crippen molar-refractivity contribution < 1.29 is 23.9 Å². The largest absolute Gasteiger partial charge is 0.453 e. The van der Waals surface area contributed by atoms with Gasteiger partial charge in [0.2, 0.25) is 5.78 Å². The van der Waals surface area contributed by atoms with Gasteiger partial charge in [-0.25, -0.2) is 4.79 Å². The van der Waals surface area contributed by atoms with Gasteiger partial charge in [-0.05, 0) is 39.8 Å². The number of esters is 1. The molecule has 7 nitrogen and oxygen atoms in total. The number of ketones is 2. The lowest BCUT2D eigenvalue weighted by atomic mass is 10.1. The van der Waals surface area contributed by atoms with Crippen molar-refractivity contribution in [3.8, 4) is 0 Å². The summed E-state index contributed by atoms with van der Waals surface area (Å²) >= 11 is 0. The third-order valence-corrected chi connectivity index (χ3v) is 4.28. The molecule has 2 aromatic heterocycles. The number of ether oxygens (including phenoxy) is 2. The summed E-state index contributed by atoms with van der Waals surface area (Å²) in [5.74, 6) is -1.11. The van der Waals surface area contributed by atoms with Crippen molar-refractivity contribution in [3.63, 3.8) is 0 Å². The van der Waals surface area contributed by atoms with Crippen molar-refractivity contribution >= 4 is 17.5 Å². The monoisotopic (exact) mass is 360 g/mol. The number of rotatable bonds is 8. The second-order valence-electron chi connectivity index (χ2n) is 6.32. The van der Waals surface area contributed by atoms with Crippen LogP contribution in [0.2, 0.25) is 0 Å². The third kappa shape index (κ3) is 4.11. The molecule has 0 aromatic carbocycles. The predicted molar refractivity (Wildman–Crippen MR) is 95.9 cm³/mol. The molecule has 0 aliphatic carbocycles. The first-order chi connectivity index (χ1) is 12.3. The molecular weight excluding hydrogens is 336 g/mol. The second kappa shape index (κ2) is 8.14. The van der Waals surface area contributed by atoms with Crippen LogP contribution in [0.5, 0.6) is 0 Å². The van der Waals surface area contributed by atoms with Gasteiger partial charge in [0.15, 0.2) is 12.4 Å². The maximum Gasteiger partial charge on any atom is 0.355 e. The Bertz CT molecular complexity index is 831. The lowest BCUT2D eigenvalue weighted by Crippen LogP contribution is -2.17. The Balaban J connectivity index is 2.07. The van der Waals surface area contributed by atoms with Gasteiger partial charge in [0.25, 0.3) is 0 Å². The first kappa shape index (κ1) is 19.7. The Labute approximate surface area is 152 Å². The smallest absolute Gasteiger partial charge is 0.355 e. The van der Waals surface area contributed by atoms with Crippen LogP contribution in [0, 0.1) is 13.8 Å². The van der Waals surface area contributed by atoms with Gasteiger partial charge in [-0.2, -0.15) is 0 Å². The standard InChI is InChI=1S/C19H24N2O5/c1-11-6-16(13(3)21(11)12(2)9-25-5)18(23)10-26-19(24)17-7-15(8-20-17)14(4)22/h6-8,12,20H,9-10H2,1-5H3/t12-/m1/s1. The number of nitrogens with zero attached hydrogens (tertiary/aromatic N) is 1. The summed E-state index contributed by atoms with van der Waals surface area (Å²) < 4.78 is 12.3. The normalized spacial score (nSPS) is 12.0. The SMILES string of the molecule is COC[C@@H](C)n1c(C)cc(C(=O)COC(=O)c2cc(C(C)=O)c[nH]2)c1C. The topological polar surface area (TPSA) is 90.4 Å². The maximum absolute atomic E-state index is 12.5. The quantitative estimate of drug-likeness (QED) is 0.577. The van der Waals surface area contributed by atoms with Gasteiger partial charge in [0.05, 0.1) is 12.6 Å². The van der Waals surface area contributed by atoms with E-state index >= 15 is 0 Å². The summed E-state index contributed by atoms with van der Waals surface area (Å²) in [6, 6.07) is 3.29. The average molecular weight is 360 g/mol. The Morgan fingerprint density at radius 2 is 1.92 bits per heavy atom. The van der Waals surface area contributed by atoms with E-state index in [-0.39, 0.29) is 29.9 Å². The maximum atomic E-state index is 12.5. The van der Waals surface area contributed by atoms with E-state index in [1.807, 2.05) is 25.3 Å². The van der Waals surface area contributed by atoms with Crippen LogP contribution in [0.15, 0.2) is 18.3 Å². The molecule has 1 atom stereocenters. The molecule has 0 aliphatic rings. The highest BCUT2D eigenvalue weighted by Crippen LogP contribution is 2.21. The fourth-order valence-corrected chi connectivity index (χ4v) is 3.06. The van der Waals surface area contributed by atoms with Crippen LogP contribution >= 0.6 is 0 Å². The second-order valence-corrected chi connectivity index (χ2v) is 6.32. The van der Waals surface area contributed by atoms with Crippen LogP contribution < -0.4 is 0 Å². The van der Waals surface area contributed by atoms with Gasteiger partial charge in [0, 0.05) is 35.8 Å². The van der Waals surface area contributed by atoms with Gasteiger partial charge in [-0.3, -0.25) is 9.59 Å². The van der Waals surface area contributed by atoms with Crippen LogP contribution in [0.1, 0.15) is 62.5 Å². The highest BCUT2D eigenvalue weighted by Gasteiger charge is 2.20. The number of carbonyl (C=O) groups excluding carboxylic acids is 3. The average Bonchev–Trinajstić information content (AvgIpc) is 3.18. The number of H-pyrrole nitrogens is 1. The lowest BCUT2D eigenvalue weighted by molar-refractivity contribution is 0.0469.